The number of amides is 1. The Balaban J connectivity index is 2.00. The molecule has 1 amide bonds. The van der Waals surface area contributed by atoms with Gasteiger partial charge in [0.15, 0.2) is 0 Å². The van der Waals surface area contributed by atoms with Gasteiger partial charge in [-0.2, -0.15) is 0 Å². The van der Waals surface area contributed by atoms with Crippen LogP contribution in [0.25, 0.3) is 0 Å². The Bertz CT molecular complexity index is 351. The summed E-state index contributed by atoms with van der Waals surface area (Å²) in [5.41, 5.74) is -0.779. The van der Waals surface area contributed by atoms with E-state index in [1.54, 1.807) is 11.8 Å². The Labute approximate surface area is 114 Å². The van der Waals surface area contributed by atoms with Gasteiger partial charge in [0.25, 0.3) is 0 Å². The molecule has 5 nitrogen and oxygen atoms in total. The van der Waals surface area contributed by atoms with Crippen LogP contribution in [0.4, 0.5) is 0 Å². The molecule has 0 saturated carbocycles. The van der Waals surface area contributed by atoms with Crippen molar-refractivity contribution in [3.05, 3.63) is 0 Å². The van der Waals surface area contributed by atoms with Gasteiger partial charge in [-0.15, -0.1) is 0 Å². The third-order valence-electron chi connectivity index (χ3n) is 4.38. The lowest BCUT2D eigenvalue weighted by Crippen LogP contribution is -2.53. The minimum absolute atomic E-state index is 0.0917. The topological polar surface area (TPSA) is 69.6 Å². The number of aliphatic carboxylic acids is 1. The van der Waals surface area contributed by atoms with Gasteiger partial charge in [0.2, 0.25) is 5.91 Å². The fraction of sp³-hybridized carbons (Fsp3) is 0.857. The molecule has 0 aliphatic carbocycles. The maximum Gasteiger partial charge on any atom is 0.311 e. The van der Waals surface area contributed by atoms with Crippen molar-refractivity contribution in [1.29, 1.82) is 0 Å². The van der Waals surface area contributed by atoms with Gasteiger partial charge in [0, 0.05) is 13.1 Å². The zero-order valence-corrected chi connectivity index (χ0v) is 11.7. The fourth-order valence-corrected chi connectivity index (χ4v) is 3.06. The molecule has 0 spiro atoms. The van der Waals surface area contributed by atoms with Crippen molar-refractivity contribution < 1.29 is 14.7 Å². The van der Waals surface area contributed by atoms with Crippen LogP contribution in [-0.2, 0) is 9.59 Å². The number of carboxylic acid groups (broad SMARTS) is 1. The normalized spacial score (nSPS) is 32.7. The van der Waals surface area contributed by atoms with Gasteiger partial charge in [-0.1, -0.05) is 12.8 Å². The van der Waals surface area contributed by atoms with E-state index in [-0.39, 0.29) is 11.9 Å². The zero-order chi connectivity index (χ0) is 13.9. The van der Waals surface area contributed by atoms with Crippen molar-refractivity contribution >= 4 is 11.9 Å². The molecule has 0 radical (unpaired) electrons. The van der Waals surface area contributed by atoms with Crippen LogP contribution in [0.3, 0.4) is 0 Å². The first-order valence-electron chi connectivity index (χ1n) is 7.28. The standard InChI is InChI=1S/C14H24N2O3/c1-14(13(18)19)7-5-9-16(10-14)12(17)11-6-3-2-4-8-15-11/h11,15H,2-10H2,1H3,(H,18,19). The summed E-state index contributed by atoms with van der Waals surface area (Å²) < 4.78 is 0. The van der Waals surface area contributed by atoms with Gasteiger partial charge in [0.1, 0.15) is 0 Å². The summed E-state index contributed by atoms with van der Waals surface area (Å²) in [7, 11) is 0. The molecule has 2 aliphatic heterocycles. The van der Waals surface area contributed by atoms with Crippen molar-refractivity contribution in [2.45, 2.75) is 51.5 Å². The van der Waals surface area contributed by atoms with Crippen LogP contribution in [0.5, 0.6) is 0 Å². The number of carbonyl (C=O) groups excluding carboxylic acids is 1. The SMILES string of the molecule is CC1(C(=O)O)CCCN(C(=O)C2CCCCCN2)C1. The number of rotatable bonds is 2. The Morgan fingerprint density at radius 3 is 2.79 bits per heavy atom. The van der Waals surface area contributed by atoms with Crippen molar-refractivity contribution in [2.75, 3.05) is 19.6 Å². The van der Waals surface area contributed by atoms with Crippen molar-refractivity contribution in [3.63, 3.8) is 0 Å². The molecule has 0 aromatic carbocycles. The summed E-state index contributed by atoms with van der Waals surface area (Å²) in [5.74, 6) is -0.701. The summed E-state index contributed by atoms with van der Waals surface area (Å²) in [6.07, 6.45) is 5.68. The molecule has 2 heterocycles. The summed E-state index contributed by atoms with van der Waals surface area (Å²) in [4.78, 5) is 25.6. The number of piperidine rings is 1. The Morgan fingerprint density at radius 2 is 2.05 bits per heavy atom. The van der Waals surface area contributed by atoms with Gasteiger partial charge in [-0.25, -0.2) is 0 Å². The molecule has 19 heavy (non-hydrogen) atoms. The monoisotopic (exact) mass is 268 g/mol. The number of nitrogens with one attached hydrogen (secondary N) is 1. The molecule has 2 N–H and O–H groups in total. The van der Waals surface area contributed by atoms with Crippen LogP contribution >= 0.6 is 0 Å². The molecular weight excluding hydrogens is 244 g/mol. The molecular formula is C14H24N2O3. The molecule has 2 atom stereocenters. The van der Waals surface area contributed by atoms with E-state index in [1.165, 1.54) is 6.42 Å². The third-order valence-corrected chi connectivity index (χ3v) is 4.38. The molecule has 2 aliphatic rings. The lowest BCUT2D eigenvalue weighted by Gasteiger charge is -2.39. The molecule has 0 aromatic rings. The third kappa shape index (κ3) is 3.26. The largest absolute Gasteiger partial charge is 0.481 e. The molecule has 0 aromatic heterocycles. The molecule has 5 heteroatoms. The molecule has 0 bridgehead atoms. The van der Waals surface area contributed by atoms with Crippen molar-refractivity contribution in [1.82, 2.24) is 10.2 Å². The number of carbonyl (C=O) groups is 2. The van der Waals surface area contributed by atoms with Gasteiger partial charge >= 0.3 is 5.97 Å². The minimum atomic E-state index is -0.793. The number of nitrogens with zero attached hydrogens (tertiary/aromatic N) is 1. The highest BCUT2D eigenvalue weighted by atomic mass is 16.4. The van der Waals surface area contributed by atoms with Crippen LogP contribution in [-0.4, -0.2) is 47.6 Å². The summed E-state index contributed by atoms with van der Waals surface area (Å²) in [6.45, 7) is 3.68. The first-order valence-corrected chi connectivity index (χ1v) is 7.28. The second-order valence-corrected chi connectivity index (χ2v) is 6.09. The molecule has 2 unspecified atom stereocenters. The highest BCUT2D eigenvalue weighted by molar-refractivity contribution is 5.83. The fourth-order valence-electron chi connectivity index (χ4n) is 3.06. The lowest BCUT2D eigenvalue weighted by molar-refractivity contribution is -0.154. The van der Waals surface area contributed by atoms with Crippen molar-refractivity contribution in [3.8, 4) is 0 Å². The van der Waals surface area contributed by atoms with Gasteiger partial charge in [0.05, 0.1) is 11.5 Å². The van der Waals surface area contributed by atoms with E-state index in [0.29, 0.717) is 19.5 Å². The van der Waals surface area contributed by atoms with Gasteiger partial charge < -0.3 is 15.3 Å². The quantitative estimate of drug-likeness (QED) is 0.790. The maximum atomic E-state index is 12.5. The van der Waals surface area contributed by atoms with E-state index < -0.39 is 11.4 Å². The highest BCUT2D eigenvalue weighted by Crippen LogP contribution is 2.30. The second-order valence-electron chi connectivity index (χ2n) is 6.09. The van der Waals surface area contributed by atoms with Gasteiger partial charge in [-0.05, 0) is 39.2 Å². The van der Waals surface area contributed by atoms with Crippen LogP contribution in [0, 0.1) is 5.41 Å². The predicted molar refractivity (Wildman–Crippen MR) is 71.8 cm³/mol. The average Bonchev–Trinajstić information content (AvgIpc) is 2.66. The van der Waals surface area contributed by atoms with Crippen LogP contribution in [0.15, 0.2) is 0 Å². The van der Waals surface area contributed by atoms with Gasteiger partial charge in [-0.3, -0.25) is 9.59 Å². The number of likely N-dealkylation sites (tertiary alicyclic amines) is 1. The van der Waals surface area contributed by atoms with Crippen LogP contribution in [0.1, 0.15) is 45.4 Å². The average molecular weight is 268 g/mol. The van der Waals surface area contributed by atoms with E-state index in [4.69, 9.17) is 0 Å². The Morgan fingerprint density at radius 1 is 1.26 bits per heavy atom. The number of carboxylic acids is 1. The van der Waals surface area contributed by atoms with Crippen LogP contribution < -0.4 is 5.32 Å². The number of hydrogen-bond acceptors (Lipinski definition) is 3. The minimum Gasteiger partial charge on any atom is -0.481 e. The first kappa shape index (κ1) is 14.3. The molecule has 2 fully saturated rings. The van der Waals surface area contributed by atoms with E-state index in [0.717, 1.165) is 32.2 Å². The molecule has 108 valence electrons. The van der Waals surface area contributed by atoms with Crippen molar-refractivity contribution in [2.24, 2.45) is 5.41 Å². The lowest BCUT2D eigenvalue weighted by atomic mass is 9.82. The summed E-state index contributed by atoms with van der Waals surface area (Å²) in [6, 6.07) is -0.112. The second kappa shape index (κ2) is 5.90. The zero-order valence-electron chi connectivity index (χ0n) is 11.7. The predicted octanol–water partition coefficient (Wildman–Crippen LogP) is 1.23. The van der Waals surface area contributed by atoms with E-state index in [9.17, 15) is 14.7 Å². The molecule has 2 rings (SSSR count). The van der Waals surface area contributed by atoms with E-state index in [2.05, 4.69) is 5.32 Å². The Kier molecular flexibility index (Phi) is 4.45. The highest BCUT2D eigenvalue weighted by Gasteiger charge is 2.40. The van der Waals surface area contributed by atoms with E-state index >= 15 is 0 Å². The molecule has 2 saturated heterocycles. The Hall–Kier alpha value is -1.10. The smallest absolute Gasteiger partial charge is 0.311 e. The maximum absolute atomic E-state index is 12.5. The number of hydrogen-bond donors (Lipinski definition) is 2. The van der Waals surface area contributed by atoms with Crippen LogP contribution in [0.2, 0.25) is 0 Å². The summed E-state index contributed by atoms with van der Waals surface area (Å²) in [5, 5.41) is 12.6. The summed E-state index contributed by atoms with van der Waals surface area (Å²) >= 11 is 0. The van der Waals surface area contributed by atoms with E-state index in [1.807, 2.05) is 0 Å². The first-order chi connectivity index (χ1) is 9.03.